The Morgan fingerprint density at radius 1 is 0.844 bits per heavy atom. The quantitative estimate of drug-likeness (QED) is 0.213. The van der Waals surface area contributed by atoms with Crippen molar-refractivity contribution in [3.8, 4) is 17.2 Å². The summed E-state index contributed by atoms with van der Waals surface area (Å²) in [5.41, 5.74) is 0.602. The molecule has 10 nitrogen and oxygen atoms in total. The van der Waals surface area contributed by atoms with E-state index in [0.717, 1.165) is 4.31 Å². The molecule has 3 aromatic rings. The lowest BCUT2D eigenvalue weighted by molar-refractivity contribution is -0.140. The van der Waals surface area contributed by atoms with Crippen molar-refractivity contribution in [3.05, 3.63) is 75.2 Å². The minimum Gasteiger partial charge on any atom is -0.495 e. The van der Waals surface area contributed by atoms with Gasteiger partial charge in [-0.2, -0.15) is 0 Å². The fraction of sp³-hybridized carbons (Fsp3) is 0.355. The minimum absolute atomic E-state index is 0.0160. The van der Waals surface area contributed by atoms with Crippen molar-refractivity contribution in [1.29, 1.82) is 0 Å². The normalized spacial score (nSPS) is 12.0. The number of sulfonamides is 1. The molecule has 0 spiro atoms. The van der Waals surface area contributed by atoms with Gasteiger partial charge >= 0.3 is 0 Å². The number of ether oxygens (including phenoxy) is 3. The molecule has 1 N–H and O–H groups in total. The van der Waals surface area contributed by atoms with Crippen LogP contribution in [0.15, 0.2) is 59.5 Å². The molecule has 0 bridgehead atoms. The molecule has 3 rings (SSSR count). The Balaban J connectivity index is 2.19. The molecule has 0 saturated carbocycles. The van der Waals surface area contributed by atoms with Gasteiger partial charge in [0.15, 0.2) is 11.5 Å². The number of amides is 2. The fourth-order valence-electron chi connectivity index (χ4n) is 4.61. The highest BCUT2D eigenvalue weighted by Crippen LogP contribution is 2.37. The molecule has 0 saturated heterocycles. The third kappa shape index (κ3) is 8.66. The SMILES string of the molecule is CC[C@@H](C(=O)NC(C)C)N(Cc1ccc(Cl)c(Cl)c1)C(=O)CN(c1cc(Cl)ccc1OC)S(=O)(=O)c1ccc(OC)c(OC)c1. The molecule has 14 heteroatoms. The highest BCUT2D eigenvalue weighted by Gasteiger charge is 2.35. The zero-order valence-corrected chi connectivity index (χ0v) is 28.9. The predicted octanol–water partition coefficient (Wildman–Crippen LogP) is 6.20. The maximum Gasteiger partial charge on any atom is 0.265 e. The van der Waals surface area contributed by atoms with E-state index in [0.29, 0.717) is 16.3 Å². The van der Waals surface area contributed by atoms with Crippen LogP contribution in [0, 0.1) is 0 Å². The van der Waals surface area contributed by atoms with Crippen LogP contribution in [-0.4, -0.2) is 65.1 Å². The molecule has 2 amide bonds. The van der Waals surface area contributed by atoms with Gasteiger partial charge in [-0.15, -0.1) is 0 Å². The maximum absolute atomic E-state index is 14.3. The van der Waals surface area contributed by atoms with Crippen LogP contribution in [0.1, 0.15) is 32.8 Å². The van der Waals surface area contributed by atoms with Gasteiger partial charge in [0.25, 0.3) is 10.0 Å². The van der Waals surface area contributed by atoms with E-state index in [1.165, 1.54) is 62.6 Å². The molecule has 0 fully saturated rings. The third-order valence-electron chi connectivity index (χ3n) is 6.79. The van der Waals surface area contributed by atoms with Crippen molar-refractivity contribution in [2.45, 2.75) is 50.7 Å². The molecule has 45 heavy (non-hydrogen) atoms. The highest BCUT2D eigenvalue weighted by molar-refractivity contribution is 7.92. The van der Waals surface area contributed by atoms with Crippen LogP contribution in [0.3, 0.4) is 0 Å². The second-order valence-corrected chi connectivity index (χ2v) is 13.3. The number of hydrogen-bond donors (Lipinski definition) is 1. The molecule has 244 valence electrons. The number of rotatable bonds is 14. The van der Waals surface area contributed by atoms with Gasteiger partial charge in [0.05, 0.1) is 42.0 Å². The van der Waals surface area contributed by atoms with Crippen molar-refractivity contribution in [2.75, 3.05) is 32.2 Å². The molecule has 0 aliphatic heterocycles. The molecule has 1 atom stereocenters. The van der Waals surface area contributed by atoms with Crippen LogP contribution in [-0.2, 0) is 26.2 Å². The molecular formula is C31H36Cl3N3O7S. The van der Waals surface area contributed by atoms with Gasteiger partial charge in [-0.1, -0.05) is 47.8 Å². The monoisotopic (exact) mass is 699 g/mol. The van der Waals surface area contributed by atoms with Crippen LogP contribution in [0.4, 0.5) is 5.69 Å². The average molecular weight is 701 g/mol. The maximum atomic E-state index is 14.3. The smallest absolute Gasteiger partial charge is 0.265 e. The predicted molar refractivity (Wildman–Crippen MR) is 176 cm³/mol. The van der Waals surface area contributed by atoms with Crippen molar-refractivity contribution in [1.82, 2.24) is 10.2 Å². The first-order valence-corrected chi connectivity index (χ1v) is 16.5. The Bertz CT molecular complexity index is 1640. The Morgan fingerprint density at radius 2 is 1.49 bits per heavy atom. The zero-order valence-electron chi connectivity index (χ0n) is 25.8. The minimum atomic E-state index is -4.47. The van der Waals surface area contributed by atoms with Gasteiger partial charge in [0.1, 0.15) is 18.3 Å². The van der Waals surface area contributed by atoms with E-state index >= 15 is 0 Å². The van der Waals surface area contributed by atoms with Crippen molar-refractivity contribution >= 4 is 62.3 Å². The highest BCUT2D eigenvalue weighted by atomic mass is 35.5. The number of carbonyl (C=O) groups is 2. The van der Waals surface area contributed by atoms with E-state index in [4.69, 9.17) is 49.0 Å². The Labute approximate surface area is 279 Å². The first-order valence-electron chi connectivity index (χ1n) is 13.9. The summed E-state index contributed by atoms with van der Waals surface area (Å²) in [7, 11) is -0.298. The molecule has 0 aromatic heterocycles. The summed E-state index contributed by atoms with van der Waals surface area (Å²) in [5.74, 6) is -0.431. The van der Waals surface area contributed by atoms with Crippen molar-refractivity contribution < 1.29 is 32.2 Å². The summed E-state index contributed by atoms with van der Waals surface area (Å²) in [5, 5.41) is 3.65. The number of halogens is 3. The van der Waals surface area contributed by atoms with E-state index < -0.39 is 34.4 Å². The van der Waals surface area contributed by atoms with Gasteiger partial charge in [-0.3, -0.25) is 13.9 Å². The van der Waals surface area contributed by atoms with Gasteiger partial charge in [-0.25, -0.2) is 8.42 Å². The van der Waals surface area contributed by atoms with Gasteiger partial charge in [0.2, 0.25) is 11.8 Å². The van der Waals surface area contributed by atoms with E-state index in [-0.39, 0.29) is 51.1 Å². The van der Waals surface area contributed by atoms with E-state index in [2.05, 4.69) is 5.32 Å². The molecule has 0 aliphatic rings. The van der Waals surface area contributed by atoms with E-state index in [1.807, 2.05) is 0 Å². The number of nitrogens with one attached hydrogen (secondary N) is 1. The second-order valence-electron chi connectivity index (χ2n) is 10.2. The Morgan fingerprint density at radius 3 is 2.07 bits per heavy atom. The number of methoxy groups -OCH3 is 3. The first-order chi connectivity index (χ1) is 21.3. The second kappa shape index (κ2) is 15.8. The molecule has 0 aliphatic carbocycles. The lowest BCUT2D eigenvalue weighted by atomic mass is 10.1. The summed E-state index contributed by atoms with van der Waals surface area (Å²) in [6.45, 7) is 4.60. The largest absolute Gasteiger partial charge is 0.495 e. The first kappa shape index (κ1) is 36.1. The van der Waals surface area contributed by atoms with Gasteiger partial charge in [0, 0.05) is 23.7 Å². The summed E-state index contributed by atoms with van der Waals surface area (Å²) in [6, 6.07) is 12.2. The zero-order chi connectivity index (χ0) is 33.5. The topological polar surface area (TPSA) is 114 Å². The summed E-state index contributed by atoms with van der Waals surface area (Å²) < 4.78 is 45.7. The van der Waals surface area contributed by atoms with Crippen LogP contribution in [0.25, 0.3) is 0 Å². The Kier molecular flexibility index (Phi) is 12.6. The van der Waals surface area contributed by atoms with Gasteiger partial charge in [-0.05, 0) is 68.3 Å². The van der Waals surface area contributed by atoms with Crippen LogP contribution in [0.5, 0.6) is 17.2 Å². The van der Waals surface area contributed by atoms with Crippen molar-refractivity contribution in [3.63, 3.8) is 0 Å². The number of hydrogen-bond acceptors (Lipinski definition) is 7. The number of benzene rings is 3. The van der Waals surface area contributed by atoms with E-state index in [9.17, 15) is 18.0 Å². The number of nitrogens with zero attached hydrogens (tertiary/aromatic N) is 2. The summed E-state index contributed by atoms with van der Waals surface area (Å²) in [4.78, 5) is 28.8. The van der Waals surface area contributed by atoms with Crippen molar-refractivity contribution in [2.24, 2.45) is 0 Å². The average Bonchev–Trinajstić information content (AvgIpc) is 3.00. The lowest BCUT2D eigenvalue weighted by Gasteiger charge is -2.34. The molecule has 0 unspecified atom stereocenters. The molecule has 0 heterocycles. The van der Waals surface area contributed by atoms with Crippen LogP contribution in [0.2, 0.25) is 15.1 Å². The van der Waals surface area contributed by atoms with Crippen LogP contribution >= 0.6 is 34.8 Å². The van der Waals surface area contributed by atoms with Gasteiger partial charge < -0.3 is 24.4 Å². The van der Waals surface area contributed by atoms with E-state index in [1.54, 1.807) is 39.0 Å². The summed E-state index contributed by atoms with van der Waals surface area (Å²) in [6.07, 6.45) is 0.245. The molecular weight excluding hydrogens is 665 g/mol. The summed E-state index contributed by atoms with van der Waals surface area (Å²) >= 11 is 18.7. The standard InChI is InChI=1S/C31H36Cl3N3O7S/c1-7-25(31(39)35-19(2)3)36(17-20-8-11-23(33)24(34)14-20)30(38)18-37(26-15-21(32)9-12-27(26)42-4)45(40,41)22-10-13-28(43-5)29(16-22)44-6/h8-16,19,25H,7,17-18H2,1-6H3,(H,35,39)/t25-/m0/s1. The molecule has 0 radical (unpaired) electrons. The Hall–Kier alpha value is -3.38. The third-order valence-corrected chi connectivity index (χ3v) is 9.52. The fourth-order valence-corrected chi connectivity index (χ4v) is 6.53. The van der Waals surface area contributed by atoms with Crippen LogP contribution < -0.4 is 23.8 Å². The number of carbonyl (C=O) groups excluding carboxylic acids is 2. The molecule has 3 aromatic carbocycles. The lowest BCUT2D eigenvalue weighted by Crippen LogP contribution is -2.53. The number of anilines is 1.